The predicted molar refractivity (Wildman–Crippen MR) is 57.9 cm³/mol. The van der Waals surface area contributed by atoms with Crippen LogP contribution in [0.1, 0.15) is 19.8 Å². The smallest absolute Gasteiger partial charge is 0.244 e. The van der Waals surface area contributed by atoms with E-state index in [1.165, 1.54) is 6.92 Å². The standard InChI is InChI=1S/C10H13F4I/c1-4-2-5-3-6(15)8(11)9(12)7(5)10(4,13)14/h4-9H,2-3H2,1H3. The van der Waals surface area contributed by atoms with Crippen LogP contribution in [0.15, 0.2) is 0 Å². The first kappa shape index (κ1) is 11.9. The molecule has 0 aromatic rings. The molecule has 15 heavy (non-hydrogen) atoms. The van der Waals surface area contributed by atoms with Crippen LogP contribution in [0.25, 0.3) is 0 Å². The molecule has 88 valence electrons. The molecular weight excluding hydrogens is 323 g/mol. The van der Waals surface area contributed by atoms with E-state index < -0.39 is 34.0 Å². The number of halogens is 5. The summed E-state index contributed by atoms with van der Waals surface area (Å²) in [7, 11) is 0. The first-order valence-corrected chi connectivity index (χ1v) is 6.40. The molecule has 2 aliphatic carbocycles. The highest BCUT2D eigenvalue weighted by Crippen LogP contribution is 2.56. The maximum atomic E-state index is 13.6. The monoisotopic (exact) mass is 336 g/mol. The van der Waals surface area contributed by atoms with Gasteiger partial charge in [-0.05, 0) is 18.8 Å². The number of fused-ring (bicyclic) bond motifs is 1. The quantitative estimate of drug-likeness (QED) is 0.359. The third kappa shape index (κ3) is 1.69. The van der Waals surface area contributed by atoms with Crippen LogP contribution >= 0.6 is 22.6 Å². The molecule has 5 heteroatoms. The molecule has 0 radical (unpaired) electrons. The van der Waals surface area contributed by atoms with Gasteiger partial charge in [-0.2, -0.15) is 0 Å². The summed E-state index contributed by atoms with van der Waals surface area (Å²) >= 11 is 1.83. The third-order valence-corrected chi connectivity index (χ3v) is 4.98. The molecule has 0 aromatic heterocycles. The second-order valence-corrected chi connectivity index (χ2v) is 6.34. The van der Waals surface area contributed by atoms with Crippen molar-refractivity contribution in [2.24, 2.45) is 17.8 Å². The van der Waals surface area contributed by atoms with Crippen LogP contribution in [0, 0.1) is 17.8 Å². The van der Waals surface area contributed by atoms with E-state index >= 15 is 0 Å². The molecule has 0 saturated heterocycles. The summed E-state index contributed by atoms with van der Waals surface area (Å²) in [6.45, 7) is 1.43. The molecule has 2 rings (SSSR count). The Labute approximate surface area is 99.9 Å². The van der Waals surface area contributed by atoms with Gasteiger partial charge >= 0.3 is 0 Å². The molecule has 0 spiro atoms. The van der Waals surface area contributed by atoms with Gasteiger partial charge in [0.1, 0.15) is 12.3 Å². The maximum Gasteiger partial charge on any atom is 0.256 e. The van der Waals surface area contributed by atoms with E-state index in [-0.39, 0.29) is 5.92 Å². The lowest BCUT2D eigenvalue weighted by atomic mass is 9.78. The van der Waals surface area contributed by atoms with Crippen molar-refractivity contribution in [2.45, 2.75) is 42.0 Å². The molecule has 0 amide bonds. The van der Waals surface area contributed by atoms with Gasteiger partial charge in [-0.15, -0.1) is 0 Å². The lowest BCUT2D eigenvalue weighted by molar-refractivity contribution is -0.121. The zero-order chi connectivity index (χ0) is 11.4. The lowest BCUT2D eigenvalue weighted by Crippen LogP contribution is -2.48. The number of hydrogen-bond donors (Lipinski definition) is 0. The molecule has 0 nitrogen and oxygen atoms in total. The van der Waals surface area contributed by atoms with Gasteiger partial charge in [0, 0.05) is 9.84 Å². The average Bonchev–Trinajstić information content (AvgIpc) is 2.34. The van der Waals surface area contributed by atoms with E-state index in [1.54, 1.807) is 0 Å². The molecule has 2 fully saturated rings. The molecular formula is C10H13F4I. The zero-order valence-corrected chi connectivity index (χ0v) is 10.4. The number of alkyl halides is 5. The molecule has 6 atom stereocenters. The molecule has 0 bridgehead atoms. The highest BCUT2D eigenvalue weighted by molar-refractivity contribution is 14.1. The highest BCUT2D eigenvalue weighted by atomic mass is 127. The van der Waals surface area contributed by atoms with Crippen molar-refractivity contribution in [1.29, 1.82) is 0 Å². The van der Waals surface area contributed by atoms with Crippen molar-refractivity contribution >= 4 is 22.6 Å². The second kappa shape index (κ2) is 3.74. The van der Waals surface area contributed by atoms with Gasteiger partial charge in [0.05, 0.1) is 5.92 Å². The van der Waals surface area contributed by atoms with Crippen LogP contribution in [-0.4, -0.2) is 22.2 Å². The van der Waals surface area contributed by atoms with E-state index in [4.69, 9.17) is 0 Å². The van der Waals surface area contributed by atoms with E-state index in [1.807, 2.05) is 22.6 Å². The molecule has 2 aliphatic rings. The van der Waals surface area contributed by atoms with Crippen molar-refractivity contribution in [1.82, 2.24) is 0 Å². The molecule has 0 heterocycles. The van der Waals surface area contributed by atoms with Crippen LogP contribution in [0.4, 0.5) is 17.6 Å². The Hall–Kier alpha value is 0.450. The van der Waals surface area contributed by atoms with Crippen LogP contribution < -0.4 is 0 Å². The Morgan fingerprint density at radius 1 is 1.13 bits per heavy atom. The summed E-state index contributed by atoms with van der Waals surface area (Å²) < 4.78 is 53.7. The molecule has 6 unspecified atom stereocenters. The SMILES string of the molecule is CC1CC2CC(I)C(F)C(F)C2C1(F)F. The Morgan fingerprint density at radius 2 is 1.73 bits per heavy atom. The maximum absolute atomic E-state index is 13.6. The first-order valence-electron chi connectivity index (χ1n) is 5.15. The van der Waals surface area contributed by atoms with E-state index in [0.29, 0.717) is 12.8 Å². The van der Waals surface area contributed by atoms with Gasteiger partial charge in [-0.25, -0.2) is 17.6 Å². The fourth-order valence-electron chi connectivity index (χ4n) is 2.93. The molecule has 0 aromatic carbocycles. The van der Waals surface area contributed by atoms with Gasteiger partial charge in [0.2, 0.25) is 0 Å². The summed E-state index contributed by atoms with van der Waals surface area (Å²) in [4.78, 5) is 0. The summed E-state index contributed by atoms with van der Waals surface area (Å²) in [5.74, 6) is -5.60. The minimum Gasteiger partial charge on any atom is -0.244 e. The Bertz CT molecular complexity index is 256. The molecule has 0 aliphatic heterocycles. The zero-order valence-electron chi connectivity index (χ0n) is 8.27. The Morgan fingerprint density at radius 3 is 2.33 bits per heavy atom. The Balaban J connectivity index is 2.27. The fourth-order valence-corrected chi connectivity index (χ4v) is 3.98. The third-order valence-electron chi connectivity index (χ3n) is 3.79. The summed E-state index contributed by atoms with van der Waals surface area (Å²) in [5, 5.41) is 0. The van der Waals surface area contributed by atoms with Crippen LogP contribution in [0.2, 0.25) is 0 Å². The topological polar surface area (TPSA) is 0 Å². The summed E-state index contributed by atoms with van der Waals surface area (Å²) in [6.07, 6.45) is -3.02. The van der Waals surface area contributed by atoms with Crippen LogP contribution in [0.3, 0.4) is 0 Å². The largest absolute Gasteiger partial charge is 0.256 e. The first-order chi connectivity index (χ1) is 6.85. The fraction of sp³-hybridized carbons (Fsp3) is 1.00. The minimum atomic E-state index is -3.04. The normalized spacial score (nSPS) is 54.0. The highest BCUT2D eigenvalue weighted by Gasteiger charge is 2.62. The van der Waals surface area contributed by atoms with Crippen LogP contribution in [0.5, 0.6) is 0 Å². The van der Waals surface area contributed by atoms with Gasteiger partial charge in [0.25, 0.3) is 5.92 Å². The van der Waals surface area contributed by atoms with Crippen molar-refractivity contribution < 1.29 is 17.6 Å². The number of hydrogen-bond acceptors (Lipinski definition) is 0. The number of rotatable bonds is 0. The Kier molecular flexibility index (Phi) is 2.97. The van der Waals surface area contributed by atoms with E-state index in [9.17, 15) is 17.6 Å². The minimum absolute atomic E-state index is 0.324. The molecule has 2 saturated carbocycles. The van der Waals surface area contributed by atoms with E-state index in [2.05, 4.69) is 0 Å². The summed E-state index contributed by atoms with van der Waals surface area (Å²) in [5.41, 5.74) is 0. The second-order valence-electron chi connectivity index (χ2n) is 4.74. The predicted octanol–water partition coefficient (Wildman–Crippen LogP) is 3.78. The van der Waals surface area contributed by atoms with Gasteiger partial charge in [-0.1, -0.05) is 29.5 Å². The lowest BCUT2D eigenvalue weighted by Gasteiger charge is -2.37. The summed E-state index contributed by atoms with van der Waals surface area (Å²) in [6, 6.07) is 0. The van der Waals surface area contributed by atoms with Crippen molar-refractivity contribution in [3.8, 4) is 0 Å². The van der Waals surface area contributed by atoms with E-state index in [0.717, 1.165) is 0 Å². The van der Waals surface area contributed by atoms with Crippen LogP contribution in [-0.2, 0) is 0 Å². The average molecular weight is 336 g/mol. The van der Waals surface area contributed by atoms with Gasteiger partial charge in [0.15, 0.2) is 0 Å². The van der Waals surface area contributed by atoms with Gasteiger partial charge < -0.3 is 0 Å². The van der Waals surface area contributed by atoms with Crippen molar-refractivity contribution in [3.63, 3.8) is 0 Å². The van der Waals surface area contributed by atoms with Crippen molar-refractivity contribution in [3.05, 3.63) is 0 Å². The van der Waals surface area contributed by atoms with Crippen molar-refractivity contribution in [2.75, 3.05) is 0 Å². The van der Waals surface area contributed by atoms with Gasteiger partial charge in [-0.3, -0.25) is 0 Å². The molecule has 0 N–H and O–H groups in total.